The summed E-state index contributed by atoms with van der Waals surface area (Å²) in [6, 6.07) is 0. The molecule has 0 amide bonds. The van der Waals surface area contributed by atoms with Gasteiger partial charge in [0.1, 0.15) is 19.3 Å². The Hall–Kier alpha value is -0.0100. The van der Waals surface area contributed by atoms with Crippen molar-refractivity contribution in [2.45, 2.75) is 76.9 Å². The van der Waals surface area contributed by atoms with E-state index in [2.05, 4.69) is 13.8 Å². The number of hydrogen-bond donors (Lipinski definition) is 3. The van der Waals surface area contributed by atoms with Gasteiger partial charge in [0.25, 0.3) is 0 Å². The van der Waals surface area contributed by atoms with Gasteiger partial charge in [0.15, 0.2) is 0 Å². The largest absolute Gasteiger partial charge is 0.472 e. The van der Waals surface area contributed by atoms with Gasteiger partial charge in [0.05, 0.1) is 33.4 Å². The molecule has 0 aromatic heterocycles. The Morgan fingerprint density at radius 2 is 1.50 bits per heavy atom. The van der Waals surface area contributed by atoms with Gasteiger partial charge < -0.3 is 19.6 Å². The molecule has 3 N–H and O–H groups in total. The summed E-state index contributed by atoms with van der Waals surface area (Å²) < 4.78 is 22.4. The summed E-state index contributed by atoms with van der Waals surface area (Å²) in [6.07, 6.45) is 5.25. The lowest BCUT2D eigenvalue weighted by Crippen LogP contribution is -2.45. The van der Waals surface area contributed by atoms with E-state index in [4.69, 9.17) is 9.05 Å². The number of unbranched alkanes of at least 4 members (excludes halogenated alkanes) is 4. The van der Waals surface area contributed by atoms with Crippen molar-refractivity contribution in [1.82, 2.24) is 0 Å². The second-order valence-electron chi connectivity index (χ2n) is 8.15. The maximum absolute atomic E-state index is 12.0. The first-order valence-corrected chi connectivity index (χ1v) is 11.3. The van der Waals surface area contributed by atoms with Crippen LogP contribution >= 0.6 is 7.82 Å². The molecule has 0 aliphatic carbocycles. The molecule has 158 valence electrons. The van der Waals surface area contributed by atoms with Crippen molar-refractivity contribution in [2.75, 3.05) is 40.9 Å². The summed E-state index contributed by atoms with van der Waals surface area (Å²) in [7, 11) is 1.60. The van der Waals surface area contributed by atoms with Crippen LogP contribution in [0.15, 0.2) is 0 Å². The van der Waals surface area contributed by atoms with E-state index in [1.54, 1.807) is 0 Å². The molecular weight excluding hydrogens is 357 g/mol. The van der Waals surface area contributed by atoms with Gasteiger partial charge in [0, 0.05) is 0 Å². The second-order valence-corrected chi connectivity index (χ2v) is 9.60. The summed E-state index contributed by atoms with van der Waals surface area (Å²) in [4.78, 5) is 9.77. The Bertz CT molecular complexity index is 403. The molecule has 0 aromatic rings. The molecule has 0 spiro atoms. The molecular formula is C18H41NO6P+. The maximum Gasteiger partial charge on any atom is 0.472 e. The Labute approximate surface area is 159 Å². The highest BCUT2D eigenvalue weighted by Gasteiger charge is 2.36. The van der Waals surface area contributed by atoms with Crippen LogP contribution in [-0.4, -0.2) is 72.2 Å². The monoisotopic (exact) mass is 398 g/mol. The van der Waals surface area contributed by atoms with Crippen molar-refractivity contribution in [3.63, 3.8) is 0 Å². The van der Waals surface area contributed by atoms with Gasteiger partial charge in [-0.1, -0.05) is 52.4 Å². The van der Waals surface area contributed by atoms with E-state index in [-0.39, 0.29) is 6.61 Å². The number of phosphoric acid groups is 1. The standard InChI is InChI=1S/C18H40NO6P/c1-6-8-10-12-18(21,13-11-9-7-2)17(20)16-25-26(22,23)24-15-14-19(3,4)5/h17,20-21H,6-16H2,1-5H3/p+1. The number of phosphoric ester groups is 1. The van der Waals surface area contributed by atoms with E-state index in [1.807, 2.05) is 21.1 Å². The first-order valence-electron chi connectivity index (χ1n) is 9.78. The van der Waals surface area contributed by atoms with E-state index in [0.29, 0.717) is 23.9 Å². The summed E-state index contributed by atoms with van der Waals surface area (Å²) in [5.74, 6) is 0. The molecule has 2 atom stereocenters. The lowest BCUT2D eigenvalue weighted by molar-refractivity contribution is -0.870. The van der Waals surface area contributed by atoms with Crippen molar-refractivity contribution < 1.29 is 33.2 Å². The highest BCUT2D eigenvalue weighted by molar-refractivity contribution is 7.47. The zero-order valence-electron chi connectivity index (χ0n) is 17.3. The van der Waals surface area contributed by atoms with Crippen LogP contribution in [0.5, 0.6) is 0 Å². The van der Waals surface area contributed by atoms with E-state index in [1.165, 1.54) is 0 Å². The van der Waals surface area contributed by atoms with Crippen LogP contribution in [0.1, 0.15) is 65.2 Å². The molecule has 8 heteroatoms. The predicted molar refractivity (Wildman–Crippen MR) is 104 cm³/mol. The van der Waals surface area contributed by atoms with Crippen molar-refractivity contribution in [3.8, 4) is 0 Å². The first-order chi connectivity index (χ1) is 12.0. The summed E-state index contributed by atoms with van der Waals surface area (Å²) in [5, 5.41) is 21.3. The number of aliphatic hydroxyl groups excluding tert-OH is 1. The van der Waals surface area contributed by atoms with E-state index < -0.39 is 26.1 Å². The van der Waals surface area contributed by atoms with Crippen LogP contribution < -0.4 is 0 Å². The van der Waals surface area contributed by atoms with E-state index in [9.17, 15) is 19.7 Å². The molecule has 0 aromatic carbocycles. The molecule has 0 fully saturated rings. The smallest absolute Gasteiger partial charge is 0.388 e. The SMILES string of the molecule is CCCCCC(O)(CCCCC)C(O)COP(=O)(O)OCC[N+](C)(C)C. The van der Waals surface area contributed by atoms with Crippen LogP contribution in [0.2, 0.25) is 0 Å². The molecule has 0 radical (unpaired) electrons. The van der Waals surface area contributed by atoms with Crippen molar-refractivity contribution >= 4 is 7.82 Å². The normalized spacial score (nSPS) is 16.5. The third-order valence-electron chi connectivity index (χ3n) is 4.46. The van der Waals surface area contributed by atoms with Crippen LogP contribution in [-0.2, 0) is 13.6 Å². The molecule has 7 nitrogen and oxygen atoms in total. The van der Waals surface area contributed by atoms with E-state index >= 15 is 0 Å². The average molecular weight is 399 g/mol. The molecule has 0 heterocycles. The highest BCUT2D eigenvalue weighted by atomic mass is 31.2. The average Bonchev–Trinajstić information content (AvgIpc) is 2.51. The fourth-order valence-electron chi connectivity index (χ4n) is 2.61. The zero-order valence-corrected chi connectivity index (χ0v) is 18.2. The van der Waals surface area contributed by atoms with Crippen LogP contribution in [0.25, 0.3) is 0 Å². The van der Waals surface area contributed by atoms with E-state index in [0.717, 1.165) is 38.5 Å². The summed E-state index contributed by atoms with van der Waals surface area (Å²) >= 11 is 0. The third kappa shape index (κ3) is 12.4. The minimum Gasteiger partial charge on any atom is -0.388 e. The topological polar surface area (TPSA) is 96.2 Å². The van der Waals surface area contributed by atoms with Crippen molar-refractivity contribution in [2.24, 2.45) is 0 Å². The molecule has 26 heavy (non-hydrogen) atoms. The van der Waals surface area contributed by atoms with Gasteiger partial charge in [-0.25, -0.2) is 4.57 Å². The number of likely N-dealkylation sites (N-methyl/N-ethyl adjacent to an activating group) is 1. The Kier molecular flexibility index (Phi) is 12.4. The molecule has 0 saturated heterocycles. The number of hydrogen-bond acceptors (Lipinski definition) is 5. The van der Waals surface area contributed by atoms with Crippen molar-refractivity contribution in [1.29, 1.82) is 0 Å². The Balaban J connectivity index is 4.59. The summed E-state index contributed by atoms with van der Waals surface area (Å²) in [6.45, 7) is 4.35. The van der Waals surface area contributed by atoms with Crippen molar-refractivity contribution in [3.05, 3.63) is 0 Å². The minimum absolute atomic E-state index is 0.0740. The first kappa shape index (κ1) is 26.0. The zero-order chi connectivity index (χ0) is 20.3. The van der Waals surface area contributed by atoms with Gasteiger partial charge in [0.2, 0.25) is 0 Å². The molecule has 0 aliphatic rings. The van der Waals surface area contributed by atoms with Gasteiger partial charge >= 0.3 is 7.82 Å². The third-order valence-corrected chi connectivity index (χ3v) is 5.44. The van der Waals surface area contributed by atoms with Crippen LogP contribution in [0.4, 0.5) is 0 Å². The summed E-state index contributed by atoms with van der Waals surface area (Å²) in [5.41, 5.74) is -1.30. The maximum atomic E-state index is 12.0. The number of rotatable bonds is 16. The molecule has 0 rings (SSSR count). The highest BCUT2D eigenvalue weighted by Crippen LogP contribution is 2.43. The lowest BCUT2D eigenvalue weighted by atomic mass is 9.85. The van der Waals surface area contributed by atoms with Gasteiger partial charge in [-0.3, -0.25) is 9.05 Å². The number of nitrogens with zero attached hydrogens (tertiary/aromatic N) is 1. The Morgan fingerprint density at radius 3 is 1.92 bits per heavy atom. The molecule has 2 unspecified atom stereocenters. The fourth-order valence-corrected chi connectivity index (χ4v) is 3.32. The van der Waals surface area contributed by atoms with Gasteiger partial charge in [-0.2, -0.15) is 0 Å². The fraction of sp³-hybridized carbons (Fsp3) is 1.00. The van der Waals surface area contributed by atoms with Gasteiger partial charge in [-0.05, 0) is 12.8 Å². The molecule has 0 saturated carbocycles. The van der Waals surface area contributed by atoms with Crippen LogP contribution in [0.3, 0.4) is 0 Å². The lowest BCUT2D eigenvalue weighted by Gasteiger charge is -2.33. The molecule has 0 aliphatic heterocycles. The number of aliphatic hydroxyl groups is 2. The Morgan fingerprint density at radius 1 is 1.00 bits per heavy atom. The predicted octanol–water partition coefficient (Wildman–Crippen LogP) is 3.08. The van der Waals surface area contributed by atoms with Gasteiger partial charge in [-0.15, -0.1) is 0 Å². The number of quaternary nitrogens is 1. The van der Waals surface area contributed by atoms with Crippen LogP contribution in [0, 0.1) is 0 Å². The molecule has 0 bridgehead atoms. The quantitative estimate of drug-likeness (QED) is 0.210. The minimum atomic E-state index is -4.25. The second kappa shape index (κ2) is 12.4.